The van der Waals surface area contributed by atoms with E-state index in [1.165, 1.54) is 54.9 Å². The fourth-order valence-corrected chi connectivity index (χ4v) is 6.01. The normalized spacial score (nSPS) is 11.2. The molecule has 0 aliphatic rings. The quantitative estimate of drug-likeness (QED) is 0.219. The van der Waals surface area contributed by atoms with Gasteiger partial charge in [-0.3, -0.25) is 9.97 Å². The van der Waals surface area contributed by atoms with Gasteiger partial charge in [-0.25, -0.2) is 0 Å². The highest BCUT2D eigenvalue weighted by molar-refractivity contribution is 6.21. The van der Waals surface area contributed by atoms with Gasteiger partial charge < -0.3 is 0 Å². The number of hydrogen-bond donors (Lipinski definition) is 0. The lowest BCUT2D eigenvalue weighted by atomic mass is 9.84. The molecular formula is C38H28N2. The molecule has 2 nitrogen and oxygen atoms in total. The van der Waals surface area contributed by atoms with Crippen LogP contribution in [0.1, 0.15) is 11.1 Å². The Morgan fingerprint density at radius 1 is 0.400 bits per heavy atom. The summed E-state index contributed by atoms with van der Waals surface area (Å²) in [6.07, 6.45) is 3.71. The van der Waals surface area contributed by atoms with E-state index in [0.717, 1.165) is 22.5 Å². The maximum Gasteiger partial charge on any atom is 0.0704 e. The van der Waals surface area contributed by atoms with Crippen molar-refractivity contribution in [2.75, 3.05) is 0 Å². The smallest absolute Gasteiger partial charge is 0.0704 e. The lowest BCUT2D eigenvalue weighted by molar-refractivity contribution is 1.31. The first-order chi connectivity index (χ1) is 19.7. The Balaban J connectivity index is 1.46. The minimum absolute atomic E-state index is 1.00. The molecule has 0 unspecified atom stereocenters. The summed E-state index contributed by atoms with van der Waals surface area (Å²) < 4.78 is 0. The second-order valence-corrected chi connectivity index (χ2v) is 10.3. The van der Waals surface area contributed by atoms with Crippen LogP contribution in [0.15, 0.2) is 134 Å². The molecule has 0 spiro atoms. The van der Waals surface area contributed by atoms with Crippen LogP contribution in [-0.4, -0.2) is 9.97 Å². The molecule has 5 aromatic carbocycles. The molecule has 0 aliphatic heterocycles. The number of fused-ring (bicyclic) bond motifs is 2. The summed E-state index contributed by atoms with van der Waals surface area (Å²) in [7, 11) is 0. The van der Waals surface area contributed by atoms with Gasteiger partial charge in [-0.15, -0.1) is 0 Å². The molecule has 0 saturated heterocycles. The van der Waals surface area contributed by atoms with Crippen molar-refractivity contribution in [2.45, 2.75) is 13.8 Å². The predicted molar refractivity (Wildman–Crippen MR) is 168 cm³/mol. The summed E-state index contributed by atoms with van der Waals surface area (Å²) in [5, 5.41) is 5.03. The third kappa shape index (κ3) is 4.06. The summed E-state index contributed by atoms with van der Waals surface area (Å²) in [5.74, 6) is 0. The lowest BCUT2D eigenvalue weighted by Crippen LogP contribution is -1.93. The van der Waals surface area contributed by atoms with E-state index in [0.29, 0.717) is 0 Å². The fourth-order valence-electron chi connectivity index (χ4n) is 6.01. The molecule has 2 heteroatoms. The molecule has 40 heavy (non-hydrogen) atoms. The molecule has 7 rings (SSSR count). The van der Waals surface area contributed by atoms with Gasteiger partial charge in [0.15, 0.2) is 0 Å². The van der Waals surface area contributed by atoms with Crippen molar-refractivity contribution in [3.63, 3.8) is 0 Å². The minimum Gasteiger partial charge on any atom is -0.256 e. The first-order valence-corrected chi connectivity index (χ1v) is 13.7. The van der Waals surface area contributed by atoms with Crippen LogP contribution in [0, 0.1) is 13.8 Å². The predicted octanol–water partition coefficient (Wildman–Crippen LogP) is 10.1. The number of benzene rings is 5. The van der Waals surface area contributed by atoms with Crippen LogP contribution in [0.5, 0.6) is 0 Å². The van der Waals surface area contributed by atoms with E-state index >= 15 is 0 Å². The highest BCUT2D eigenvalue weighted by Gasteiger charge is 2.18. The van der Waals surface area contributed by atoms with E-state index in [4.69, 9.17) is 0 Å². The first-order valence-electron chi connectivity index (χ1n) is 13.7. The third-order valence-electron chi connectivity index (χ3n) is 7.84. The number of pyridine rings is 2. The molecule has 7 aromatic rings. The fraction of sp³-hybridized carbons (Fsp3) is 0.0526. The minimum atomic E-state index is 1.00. The van der Waals surface area contributed by atoms with Gasteiger partial charge >= 0.3 is 0 Å². The maximum atomic E-state index is 4.59. The second-order valence-electron chi connectivity index (χ2n) is 10.3. The molecule has 0 aliphatic carbocycles. The number of aryl methyl sites for hydroxylation is 2. The Morgan fingerprint density at radius 3 is 1.10 bits per heavy atom. The van der Waals surface area contributed by atoms with Crippen LogP contribution < -0.4 is 0 Å². The highest BCUT2D eigenvalue weighted by Crippen LogP contribution is 2.44. The van der Waals surface area contributed by atoms with Gasteiger partial charge in [0.25, 0.3) is 0 Å². The molecule has 0 amide bonds. The average molecular weight is 513 g/mol. The van der Waals surface area contributed by atoms with E-state index < -0.39 is 0 Å². The molecular weight excluding hydrogens is 484 g/mol. The monoisotopic (exact) mass is 512 g/mol. The zero-order valence-electron chi connectivity index (χ0n) is 22.6. The van der Waals surface area contributed by atoms with Gasteiger partial charge in [-0.05, 0) is 93.0 Å². The molecule has 2 heterocycles. The van der Waals surface area contributed by atoms with Crippen molar-refractivity contribution in [1.82, 2.24) is 9.97 Å². The lowest BCUT2D eigenvalue weighted by Gasteiger charge is -2.19. The Morgan fingerprint density at radius 2 is 0.775 bits per heavy atom. The van der Waals surface area contributed by atoms with Gasteiger partial charge in [0.1, 0.15) is 0 Å². The second kappa shape index (κ2) is 9.91. The highest BCUT2D eigenvalue weighted by atomic mass is 14.7. The van der Waals surface area contributed by atoms with Gasteiger partial charge in [-0.2, -0.15) is 0 Å². The van der Waals surface area contributed by atoms with Gasteiger partial charge in [0.2, 0.25) is 0 Å². The Bertz CT molecular complexity index is 1800. The SMILES string of the molecule is Cc1cc(-c2c3ccccc3c(-c3ccc(-c4ccccn4)c(C)c3)c3ccccc23)ccc1-c1ccccn1. The third-order valence-corrected chi connectivity index (χ3v) is 7.84. The first kappa shape index (κ1) is 24.0. The molecule has 0 fully saturated rings. The Hall–Kier alpha value is -5.08. The van der Waals surface area contributed by atoms with Crippen molar-refractivity contribution >= 4 is 21.5 Å². The van der Waals surface area contributed by atoms with Crippen molar-refractivity contribution in [3.8, 4) is 44.8 Å². The van der Waals surface area contributed by atoms with Crippen LogP contribution in [0.4, 0.5) is 0 Å². The molecule has 0 bridgehead atoms. The summed E-state index contributed by atoms with van der Waals surface area (Å²) in [4.78, 5) is 9.17. The van der Waals surface area contributed by atoms with E-state index in [-0.39, 0.29) is 0 Å². The van der Waals surface area contributed by atoms with Crippen LogP contribution in [0.2, 0.25) is 0 Å². The number of rotatable bonds is 4. The van der Waals surface area contributed by atoms with E-state index in [9.17, 15) is 0 Å². The Kier molecular flexibility index (Phi) is 5.94. The summed E-state index contributed by atoms with van der Waals surface area (Å²) in [6, 6.07) is 43.3. The van der Waals surface area contributed by atoms with Crippen molar-refractivity contribution in [1.29, 1.82) is 0 Å². The van der Waals surface area contributed by atoms with Gasteiger partial charge in [0, 0.05) is 23.5 Å². The largest absolute Gasteiger partial charge is 0.256 e. The maximum absolute atomic E-state index is 4.59. The molecule has 0 N–H and O–H groups in total. The standard InChI is InChI=1S/C38H28N2/c1-25-23-27(17-19-29(25)35-15-7-9-21-39-35)37-31-11-3-5-13-33(31)38(34-14-6-4-12-32(34)37)28-18-20-30(26(2)24-28)36-16-8-10-22-40-36/h3-24H,1-2H3. The van der Waals surface area contributed by atoms with Gasteiger partial charge in [-0.1, -0.05) is 97.1 Å². The van der Waals surface area contributed by atoms with E-state index in [2.05, 4.69) is 121 Å². The van der Waals surface area contributed by atoms with Crippen LogP contribution in [-0.2, 0) is 0 Å². The van der Waals surface area contributed by atoms with Crippen molar-refractivity contribution in [2.24, 2.45) is 0 Å². The Labute approximate surface area is 234 Å². The molecule has 190 valence electrons. The zero-order valence-corrected chi connectivity index (χ0v) is 22.6. The summed E-state index contributed by atoms with van der Waals surface area (Å²) in [5.41, 5.74) is 11.7. The summed E-state index contributed by atoms with van der Waals surface area (Å²) in [6.45, 7) is 4.36. The average Bonchev–Trinajstić information content (AvgIpc) is 3.00. The van der Waals surface area contributed by atoms with Crippen LogP contribution >= 0.6 is 0 Å². The zero-order chi connectivity index (χ0) is 27.1. The molecule has 0 radical (unpaired) electrons. The topological polar surface area (TPSA) is 25.8 Å². The van der Waals surface area contributed by atoms with Crippen LogP contribution in [0.3, 0.4) is 0 Å². The molecule has 0 saturated carbocycles. The van der Waals surface area contributed by atoms with E-state index in [1.807, 2.05) is 36.7 Å². The summed E-state index contributed by atoms with van der Waals surface area (Å²) >= 11 is 0. The van der Waals surface area contributed by atoms with Crippen molar-refractivity contribution in [3.05, 3.63) is 145 Å². The molecule has 2 aromatic heterocycles. The van der Waals surface area contributed by atoms with Crippen LogP contribution in [0.25, 0.3) is 66.3 Å². The molecule has 0 atom stereocenters. The number of nitrogens with zero attached hydrogens (tertiary/aromatic N) is 2. The van der Waals surface area contributed by atoms with Gasteiger partial charge in [0.05, 0.1) is 11.4 Å². The number of aromatic nitrogens is 2. The number of hydrogen-bond acceptors (Lipinski definition) is 2. The van der Waals surface area contributed by atoms with Crippen molar-refractivity contribution < 1.29 is 0 Å². The van der Waals surface area contributed by atoms with E-state index in [1.54, 1.807) is 0 Å².